The average molecular weight is 289 g/mol. The number of nitrogens with one attached hydrogen (secondary N) is 2. The van der Waals surface area contributed by atoms with Gasteiger partial charge >= 0.3 is 0 Å². The molecule has 2 N–H and O–H groups in total. The third kappa shape index (κ3) is 4.47. The van der Waals surface area contributed by atoms with Crippen LogP contribution in [0.5, 0.6) is 0 Å². The molecule has 2 aromatic rings. The molecule has 1 aromatic heterocycles. The lowest BCUT2D eigenvalue weighted by Crippen LogP contribution is -3.08. The van der Waals surface area contributed by atoms with Gasteiger partial charge in [0.25, 0.3) is 5.91 Å². The fourth-order valence-corrected chi connectivity index (χ4v) is 2.78. The molecule has 0 bridgehead atoms. The first kappa shape index (κ1) is 14.8. The molecule has 0 saturated carbocycles. The molecule has 1 unspecified atom stereocenters. The molecule has 4 heteroatoms. The number of hydrogen-bond acceptors (Lipinski definition) is 2. The summed E-state index contributed by atoms with van der Waals surface area (Å²) in [5.74, 6) is 0.0574. The van der Waals surface area contributed by atoms with Gasteiger partial charge in [0.15, 0.2) is 6.54 Å². The van der Waals surface area contributed by atoms with Crippen LogP contribution in [-0.4, -0.2) is 19.5 Å². The SMILES string of the molecule is CCc1ccc(NC(=O)C[NH+](C)Cc2ccsc2)cc1. The van der Waals surface area contributed by atoms with Crippen molar-refractivity contribution in [1.82, 2.24) is 0 Å². The van der Waals surface area contributed by atoms with Gasteiger partial charge in [0.05, 0.1) is 7.05 Å². The van der Waals surface area contributed by atoms with Crippen molar-refractivity contribution in [1.29, 1.82) is 0 Å². The van der Waals surface area contributed by atoms with Gasteiger partial charge in [-0.2, -0.15) is 11.3 Å². The van der Waals surface area contributed by atoms with Gasteiger partial charge < -0.3 is 10.2 Å². The van der Waals surface area contributed by atoms with E-state index in [1.54, 1.807) is 11.3 Å². The highest BCUT2D eigenvalue weighted by atomic mass is 32.1. The van der Waals surface area contributed by atoms with Gasteiger partial charge in [-0.1, -0.05) is 19.1 Å². The normalized spacial score (nSPS) is 12.1. The predicted molar refractivity (Wildman–Crippen MR) is 84.2 cm³/mol. The van der Waals surface area contributed by atoms with Gasteiger partial charge in [-0.25, -0.2) is 0 Å². The lowest BCUT2D eigenvalue weighted by atomic mass is 10.1. The van der Waals surface area contributed by atoms with Crippen molar-refractivity contribution in [3.05, 3.63) is 52.2 Å². The maximum Gasteiger partial charge on any atom is 0.279 e. The van der Waals surface area contributed by atoms with Gasteiger partial charge in [0.1, 0.15) is 6.54 Å². The van der Waals surface area contributed by atoms with E-state index in [-0.39, 0.29) is 5.91 Å². The summed E-state index contributed by atoms with van der Waals surface area (Å²) in [6, 6.07) is 10.1. The average Bonchev–Trinajstić information content (AvgIpc) is 2.92. The second-order valence-electron chi connectivity index (χ2n) is 5.04. The molecule has 20 heavy (non-hydrogen) atoms. The first-order valence-electron chi connectivity index (χ1n) is 6.88. The van der Waals surface area contributed by atoms with Crippen LogP contribution in [0, 0.1) is 0 Å². The maximum atomic E-state index is 12.0. The summed E-state index contributed by atoms with van der Waals surface area (Å²) in [4.78, 5) is 13.2. The Morgan fingerprint density at radius 2 is 1.95 bits per heavy atom. The molecule has 0 aliphatic rings. The summed E-state index contributed by atoms with van der Waals surface area (Å²) in [5, 5.41) is 7.14. The van der Waals surface area contributed by atoms with Gasteiger partial charge in [-0.3, -0.25) is 4.79 Å². The zero-order chi connectivity index (χ0) is 14.4. The fraction of sp³-hybridized carbons (Fsp3) is 0.312. The standard InChI is InChI=1S/C16H20N2OS/c1-3-13-4-6-15(7-5-13)17-16(19)11-18(2)10-14-8-9-20-12-14/h4-9,12H,3,10-11H2,1-2H3,(H,17,19)/p+1. The topological polar surface area (TPSA) is 33.5 Å². The second kappa shape index (κ2) is 7.22. The molecule has 1 heterocycles. The van der Waals surface area contributed by atoms with E-state index in [4.69, 9.17) is 0 Å². The first-order chi connectivity index (χ1) is 9.67. The number of amides is 1. The van der Waals surface area contributed by atoms with Crippen molar-refractivity contribution in [3.63, 3.8) is 0 Å². The fourth-order valence-electron chi connectivity index (χ4n) is 2.11. The van der Waals surface area contributed by atoms with E-state index >= 15 is 0 Å². The van der Waals surface area contributed by atoms with Crippen molar-refractivity contribution in [2.75, 3.05) is 18.9 Å². The molecule has 1 atom stereocenters. The minimum absolute atomic E-state index is 0.0574. The summed E-state index contributed by atoms with van der Waals surface area (Å²) < 4.78 is 0. The highest BCUT2D eigenvalue weighted by Crippen LogP contribution is 2.09. The number of likely N-dealkylation sites (N-methyl/N-ethyl adjacent to an activating group) is 1. The number of benzene rings is 1. The van der Waals surface area contributed by atoms with Crippen molar-refractivity contribution in [2.45, 2.75) is 19.9 Å². The number of anilines is 1. The van der Waals surface area contributed by atoms with Gasteiger partial charge in [-0.15, -0.1) is 0 Å². The Kier molecular flexibility index (Phi) is 5.32. The Bertz CT molecular complexity index is 534. The van der Waals surface area contributed by atoms with Crippen molar-refractivity contribution >= 4 is 22.9 Å². The van der Waals surface area contributed by atoms with Gasteiger partial charge in [-0.05, 0) is 40.9 Å². The maximum absolute atomic E-state index is 12.0. The number of aryl methyl sites for hydroxylation is 1. The first-order valence-corrected chi connectivity index (χ1v) is 7.83. The highest BCUT2D eigenvalue weighted by molar-refractivity contribution is 7.07. The largest absolute Gasteiger partial charge is 0.326 e. The van der Waals surface area contributed by atoms with Crippen LogP contribution in [0.1, 0.15) is 18.1 Å². The number of quaternary nitrogens is 1. The van der Waals surface area contributed by atoms with E-state index in [1.165, 1.54) is 16.0 Å². The van der Waals surface area contributed by atoms with Gasteiger partial charge in [0.2, 0.25) is 0 Å². The third-order valence-corrected chi connectivity index (χ3v) is 3.93. The lowest BCUT2D eigenvalue weighted by molar-refractivity contribution is -0.885. The van der Waals surface area contributed by atoms with Crippen LogP contribution in [-0.2, 0) is 17.8 Å². The lowest BCUT2D eigenvalue weighted by Gasteiger charge is -2.13. The molecule has 1 aromatic carbocycles. The van der Waals surface area contributed by atoms with Crippen LogP contribution in [0.15, 0.2) is 41.1 Å². The van der Waals surface area contributed by atoms with Crippen LogP contribution in [0.25, 0.3) is 0 Å². The predicted octanol–water partition coefficient (Wildman–Crippen LogP) is 1.96. The van der Waals surface area contributed by atoms with Crippen LogP contribution < -0.4 is 10.2 Å². The van der Waals surface area contributed by atoms with Crippen LogP contribution in [0.3, 0.4) is 0 Å². The molecule has 0 aliphatic carbocycles. The summed E-state index contributed by atoms with van der Waals surface area (Å²) in [5.41, 5.74) is 3.44. The molecule has 1 amide bonds. The van der Waals surface area contributed by atoms with Crippen molar-refractivity contribution in [2.24, 2.45) is 0 Å². The van der Waals surface area contributed by atoms with E-state index in [2.05, 4.69) is 41.2 Å². The third-order valence-electron chi connectivity index (χ3n) is 3.19. The van der Waals surface area contributed by atoms with Crippen LogP contribution in [0.4, 0.5) is 5.69 Å². The molecule has 0 saturated heterocycles. The number of carbonyl (C=O) groups is 1. The Balaban J connectivity index is 1.82. The molecule has 3 nitrogen and oxygen atoms in total. The van der Waals surface area contributed by atoms with Crippen molar-refractivity contribution in [3.8, 4) is 0 Å². The summed E-state index contributed by atoms with van der Waals surface area (Å²) >= 11 is 1.69. The van der Waals surface area contributed by atoms with E-state index in [0.717, 1.165) is 18.7 Å². The number of thiophene rings is 1. The smallest absolute Gasteiger partial charge is 0.279 e. The zero-order valence-electron chi connectivity index (χ0n) is 12.0. The molecule has 0 spiro atoms. The molecule has 0 aliphatic heterocycles. The summed E-state index contributed by atoms with van der Waals surface area (Å²) in [6.45, 7) is 3.48. The Morgan fingerprint density at radius 3 is 2.55 bits per heavy atom. The van der Waals surface area contributed by atoms with E-state index in [9.17, 15) is 4.79 Å². The van der Waals surface area contributed by atoms with E-state index in [0.29, 0.717) is 6.54 Å². The Hall–Kier alpha value is -1.65. The quantitative estimate of drug-likeness (QED) is 0.837. The molecule has 2 rings (SSSR count). The number of rotatable bonds is 6. The van der Waals surface area contributed by atoms with Crippen molar-refractivity contribution < 1.29 is 9.69 Å². The van der Waals surface area contributed by atoms with Gasteiger partial charge in [0, 0.05) is 11.3 Å². The number of carbonyl (C=O) groups excluding carboxylic acids is 1. The number of hydrogen-bond donors (Lipinski definition) is 2. The monoisotopic (exact) mass is 289 g/mol. The molecular weight excluding hydrogens is 268 g/mol. The minimum atomic E-state index is 0.0574. The molecule has 106 valence electrons. The summed E-state index contributed by atoms with van der Waals surface area (Å²) in [6.07, 6.45) is 1.02. The molecule has 0 fully saturated rings. The van der Waals surface area contributed by atoms with Crippen LogP contribution >= 0.6 is 11.3 Å². The summed E-state index contributed by atoms with van der Waals surface area (Å²) in [7, 11) is 2.04. The molecule has 0 radical (unpaired) electrons. The Labute approximate surface area is 124 Å². The van der Waals surface area contributed by atoms with E-state index < -0.39 is 0 Å². The highest BCUT2D eigenvalue weighted by Gasteiger charge is 2.10. The van der Waals surface area contributed by atoms with Crippen LogP contribution in [0.2, 0.25) is 0 Å². The second-order valence-corrected chi connectivity index (χ2v) is 5.82. The zero-order valence-corrected chi connectivity index (χ0v) is 12.8. The molecular formula is C16H21N2OS+. The van der Waals surface area contributed by atoms with E-state index in [1.807, 2.05) is 19.2 Å². The Morgan fingerprint density at radius 1 is 1.20 bits per heavy atom. The minimum Gasteiger partial charge on any atom is -0.326 e.